The molecule has 2 aliphatic carbocycles. The van der Waals surface area contributed by atoms with Gasteiger partial charge in [0.25, 0.3) is 0 Å². The maximum atomic E-state index is 6.54. The van der Waals surface area contributed by atoms with Crippen molar-refractivity contribution in [3.8, 4) is 11.5 Å². The predicted molar refractivity (Wildman–Crippen MR) is 112 cm³/mol. The van der Waals surface area contributed by atoms with Crippen molar-refractivity contribution >= 4 is 0 Å². The van der Waals surface area contributed by atoms with Gasteiger partial charge >= 0.3 is 0 Å². The number of para-hydroxylation sites is 2. The van der Waals surface area contributed by atoms with Gasteiger partial charge < -0.3 is 14.2 Å². The van der Waals surface area contributed by atoms with E-state index < -0.39 is 0 Å². The van der Waals surface area contributed by atoms with Crippen LogP contribution in [0.4, 0.5) is 0 Å². The molecule has 6 atom stereocenters. The lowest BCUT2D eigenvalue weighted by atomic mass is 9.84. The van der Waals surface area contributed by atoms with Crippen LogP contribution in [0, 0.1) is 11.8 Å². The summed E-state index contributed by atoms with van der Waals surface area (Å²) in [4.78, 5) is 0. The van der Waals surface area contributed by atoms with E-state index in [1.54, 1.807) is 0 Å². The van der Waals surface area contributed by atoms with Crippen LogP contribution in [-0.4, -0.2) is 24.4 Å². The van der Waals surface area contributed by atoms with Gasteiger partial charge in [0.15, 0.2) is 0 Å². The molecule has 3 nitrogen and oxygen atoms in total. The Morgan fingerprint density at radius 1 is 0.621 bits per heavy atom. The van der Waals surface area contributed by atoms with Crippen molar-refractivity contribution < 1.29 is 14.2 Å². The number of ether oxygens (including phenoxy) is 3. The molecular weight excluding hydrogens is 360 g/mol. The highest BCUT2D eigenvalue weighted by atomic mass is 16.6. The fourth-order valence-electron chi connectivity index (χ4n) is 5.63. The highest BCUT2D eigenvalue weighted by molar-refractivity contribution is 5.42. The van der Waals surface area contributed by atoms with Gasteiger partial charge in [0.1, 0.15) is 11.5 Å². The van der Waals surface area contributed by atoms with Crippen LogP contribution in [-0.2, 0) is 22.3 Å². The van der Waals surface area contributed by atoms with Gasteiger partial charge in [-0.3, -0.25) is 0 Å². The van der Waals surface area contributed by atoms with Crippen LogP contribution in [0.5, 0.6) is 11.5 Å². The molecule has 6 unspecified atom stereocenters. The van der Waals surface area contributed by atoms with Gasteiger partial charge in [-0.1, -0.05) is 36.4 Å². The molecule has 29 heavy (non-hydrogen) atoms. The molecule has 2 saturated carbocycles. The van der Waals surface area contributed by atoms with Crippen molar-refractivity contribution in [2.24, 2.45) is 11.8 Å². The van der Waals surface area contributed by atoms with Gasteiger partial charge in [-0.15, -0.1) is 0 Å². The zero-order valence-electron chi connectivity index (χ0n) is 17.0. The minimum atomic E-state index is 0.535. The summed E-state index contributed by atoms with van der Waals surface area (Å²) in [5, 5.41) is 0. The monoisotopic (exact) mass is 390 g/mol. The Balaban J connectivity index is 1.17. The normalized spacial score (nSPS) is 34.8. The first-order valence-corrected chi connectivity index (χ1v) is 11.5. The molecule has 0 N–H and O–H groups in total. The zero-order valence-corrected chi connectivity index (χ0v) is 17.0. The van der Waals surface area contributed by atoms with Gasteiger partial charge in [0.05, 0.1) is 24.4 Å². The lowest BCUT2D eigenvalue weighted by Crippen LogP contribution is -2.16. The second-order valence-corrected chi connectivity index (χ2v) is 9.51. The first-order chi connectivity index (χ1) is 14.3. The van der Waals surface area contributed by atoms with Crippen molar-refractivity contribution in [3.05, 3.63) is 59.7 Å². The van der Waals surface area contributed by atoms with Gasteiger partial charge in [0.2, 0.25) is 0 Å². The molecule has 0 aromatic heterocycles. The maximum Gasteiger partial charge on any atom is 0.130 e. The fourth-order valence-corrected chi connectivity index (χ4v) is 5.63. The highest BCUT2D eigenvalue weighted by Crippen LogP contribution is 2.43. The minimum absolute atomic E-state index is 0.535. The standard InChI is InChI=1S/C26H30O3/c1-3-7-21(19(5-1)13-17-9-11-23-25(15-17)28-23)27-22-8-4-2-6-20(22)14-18-10-12-24-26(16-18)29-24/h1-8,17-18,23-26H,9-16H2. The first-order valence-electron chi connectivity index (χ1n) is 11.5. The number of hydrogen-bond donors (Lipinski definition) is 0. The van der Waals surface area contributed by atoms with Crippen LogP contribution in [0.3, 0.4) is 0 Å². The van der Waals surface area contributed by atoms with Crippen LogP contribution in [0.2, 0.25) is 0 Å². The third-order valence-electron chi connectivity index (χ3n) is 7.41. The second kappa shape index (κ2) is 7.45. The topological polar surface area (TPSA) is 34.3 Å². The van der Waals surface area contributed by atoms with Gasteiger partial charge in [-0.05, 0) is 86.5 Å². The van der Waals surface area contributed by atoms with E-state index in [0.717, 1.165) is 24.3 Å². The molecule has 2 aromatic carbocycles. The number of fused-ring (bicyclic) bond motifs is 2. The van der Waals surface area contributed by atoms with Gasteiger partial charge in [-0.2, -0.15) is 0 Å². The van der Waals surface area contributed by atoms with Crippen molar-refractivity contribution in [3.63, 3.8) is 0 Å². The summed E-state index contributed by atoms with van der Waals surface area (Å²) in [6.45, 7) is 0. The van der Waals surface area contributed by atoms with Crippen molar-refractivity contribution in [1.29, 1.82) is 0 Å². The van der Waals surface area contributed by atoms with Crippen LogP contribution in [0.25, 0.3) is 0 Å². The molecule has 4 aliphatic rings. The quantitative estimate of drug-likeness (QED) is 0.594. The first kappa shape index (κ1) is 18.0. The summed E-state index contributed by atoms with van der Waals surface area (Å²) in [5.74, 6) is 3.47. The average molecular weight is 391 g/mol. The molecule has 0 bridgehead atoms. The highest BCUT2D eigenvalue weighted by Gasteiger charge is 2.44. The lowest BCUT2D eigenvalue weighted by molar-refractivity contribution is 0.356. The zero-order chi connectivity index (χ0) is 19.2. The molecule has 2 heterocycles. The Morgan fingerprint density at radius 3 is 1.59 bits per heavy atom. The van der Waals surface area contributed by atoms with E-state index >= 15 is 0 Å². The molecule has 3 heteroatoms. The third kappa shape index (κ3) is 3.95. The minimum Gasteiger partial charge on any atom is -0.457 e. The Kier molecular flexibility index (Phi) is 4.61. The summed E-state index contributed by atoms with van der Waals surface area (Å²) in [5.41, 5.74) is 2.66. The smallest absolute Gasteiger partial charge is 0.130 e. The Morgan fingerprint density at radius 2 is 1.10 bits per heavy atom. The van der Waals surface area contributed by atoms with Crippen LogP contribution in [0.15, 0.2) is 48.5 Å². The summed E-state index contributed by atoms with van der Waals surface area (Å²) in [6.07, 6.45) is 11.8. The summed E-state index contributed by atoms with van der Waals surface area (Å²) < 4.78 is 18.0. The summed E-state index contributed by atoms with van der Waals surface area (Å²) >= 11 is 0. The van der Waals surface area contributed by atoms with E-state index in [2.05, 4.69) is 48.5 Å². The largest absolute Gasteiger partial charge is 0.457 e. The Hall–Kier alpha value is -1.84. The molecule has 2 saturated heterocycles. The second-order valence-electron chi connectivity index (χ2n) is 9.51. The molecule has 2 aromatic rings. The molecule has 0 spiro atoms. The van der Waals surface area contributed by atoms with E-state index in [0.29, 0.717) is 36.3 Å². The fraction of sp³-hybridized carbons (Fsp3) is 0.538. The van der Waals surface area contributed by atoms with E-state index in [9.17, 15) is 0 Å². The number of rotatable bonds is 6. The molecule has 4 fully saturated rings. The van der Waals surface area contributed by atoms with E-state index in [1.165, 1.54) is 49.7 Å². The maximum absolute atomic E-state index is 6.54. The molecule has 6 rings (SSSR count). The molecule has 2 aliphatic heterocycles. The van der Waals surface area contributed by atoms with Crippen LogP contribution < -0.4 is 4.74 Å². The number of hydrogen-bond acceptors (Lipinski definition) is 3. The van der Waals surface area contributed by atoms with Crippen LogP contribution in [0.1, 0.15) is 49.7 Å². The molecular formula is C26H30O3. The van der Waals surface area contributed by atoms with Crippen LogP contribution >= 0.6 is 0 Å². The van der Waals surface area contributed by atoms with E-state index in [1.807, 2.05) is 0 Å². The van der Waals surface area contributed by atoms with E-state index in [-0.39, 0.29) is 0 Å². The van der Waals surface area contributed by atoms with Gasteiger partial charge in [0, 0.05) is 0 Å². The van der Waals surface area contributed by atoms with Crippen molar-refractivity contribution in [2.45, 2.75) is 75.8 Å². The Bertz CT molecular complexity index is 806. The summed E-state index contributed by atoms with van der Waals surface area (Å²) in [7, 11) is 0. The Labute approximate surface area is 173 Å². The van der Waals surface area contributed by atoms with Crippen molar-refractivity contribution in [1.82, 2.24) is 0 Å². The molecule has 0 radical (unpaired) electrons. The van der Waals surface area contributed by atoms with Gasteiger partial charge in [-0.25, -0.2) is 0 Å². The molecule has 0 amide bonds. The lowest BCUT2D eigenvalue weighted by Gasteiger charge is -2.22. The summed E-state index contributed by atoms with van der Waals surface area (Å²) in [6, 6.07) is 17.2. The molecule has 152 valence electrons. The predicted octanol–water partition coefficient (Wildman–Crippen LogP) is 5.70. The van der Waals surface area contributed by atoms with E-state index in [4.69, 9.17) is 14.2 Å². The third-order valence-corrected chi connectivity index (χ3v) is 7.41. The van der Waals surface area contributed by atoms with Crippen molar-refractivity contribution in [2.75, 3.05) is 0 Å². The number of benzene rings is 2. The SMILES string of the molecule is c1ccc(Oc2ccccc2CC2CCC3OC3C2)c(CC2CCC3OC3C2)c1. The average Bonchev–Trinajstić information content (AvgIpc) is 3.65. The number of epoxide rings is 2.